The van der Waals surface area contributed by atoms with Crippen molar-refractivity contribution in [3.63, 3.8) is 0 Å². The minimum Gasteiger partial charge on any atom is -0.489 e. The molecule has 16 heavy (non-hydrogen) atoms. The predicted molar refractivity (Wildman–Crippen MR) is 69.1 cm³/mol. The second kappa shape index (κ2) is 4.40. The summed E-state index contributed by atoms with van der Waals surface area (Å²) in [6.45, 7) is 8.44. The summed E-state index contributed by atoms with van der Waals surface area (Å²) in [7, 11) is 0. The Morgan fingerprint density at radius 3 is 2.50 bits per heavy atom. The Balaban J connectivity index is 2.66. The Hall–Kier alpha value is -1.76. The molecule has 0 spiro atoms. The summed E-state index contributed by atoms with van der Waals surface area (Å²) in [6.07, 6.45) is 1.77. The molecule has 0 atom stereocenters. The third-order valence-electron chi connectivity index (χ3n) is 2.73. The van der Waals surface area contributed by atoms with Gasteiger partial charge in [-0.15, -0.1) is 0 Å². The average Bonchev–Trinajstić information content (AvgIpc) is 2.29. The van der Waals surface area contributed by atoms with E-state index in [1.165, 1.54) is 21.9 Å². The summed E-state index contributed by atoms with van der Waals surface area (Å²) < 4.78 is 5.74. The fourth-order valence-electron chi connectivity index (χ4n) is 2.04. The number of fused-ring (bicyclic) bond motifs is 1. The van der Waals surface area contributed by atoms with Crippen LogP contribution in [0, 0.1) is 13.8 Å². The summed E-state index contributed by atoms with van der Waals surface area (Å²) in [6, 6.07) is 10.5. The highest BCUT2D eigenvalue weighted by Crippen LogP contribution is 2.31. The third kappa shape index (κ3) is 1.81. The first-order valence-corrected chi connectivity index (χ1v) is 5.46. The van der Waals surface area contributed by atoms with Crippen LogP contribution >= 0.6 is 0 Å². The Morgan fingerprint density at radius 1 is 1.12 bits per heavy atom. The first kappa shape index (κ1) is 10.7. The lowest BCUT2D eigenvalue weighted by atomic mass is 10.0. The van der Waals surface area contributed by atoms with E-state index in [9.17, 15) is 0 Å². The lowest BCUT2D eigenvalue weighted by Crippen LogP contribution is -1.97. The number of rotatable bonds is 3. The normalized spacial score (nSPS) is 10.4. The molecule has 0 aromatic heterocycles. The van der Waals surface area contributed by atoms with E-state index in [2.05, 4.69) is 44.7 Å². The van der Waals surface area contributed by atoms with E-state index in [1.54, 1.807) is 6.08 Å². The highest BCUT2D eigenvalue weighted by molar-refractivity contribution is 5.92. The average molecular weight is 212 g/mol. The summed E-state index contributed by atoms with van der Waals surface area (Å²) in [5.41, 5.74) is 2.47. The quantitative estimate of drug-likeness (QED) is 0.698. The van der Waals surface area contributed by atoms with Crippen molar-refractivity contribution < 1.29 is 4.74 Å². The van der Waals surface area contributed by atoms with Crippen molar-refractivity contribution in [1.29, 1.82) is 0 Å². The molecule has 0 fully saturated rings. The van der Waals surface area contributed by atoms with Gasteiger partial charge in [-0.3, -0.25) is 0 Å². The Bertz CT molecular complexity index is 526. The minimum absolute atomic E-state index is 0.549. The van der Waals surface area contributed by atoms with E-state index in [0.29, 0.717) is 6.61 Å². The van der Waals surface area contributed by atoms with Crippen LogP contribution in [-0.4, -0.2) is 6.61 Å². The molecule has 82 valence electrons. The van der Waals surface area contributed by atoms with Gasteiger partial charge in [-0.25, -0.2) is 0 Å². The van der Waals surface area contributed by atoms with Gasteiger partial charge in [-0.05, 0) is 30.4 Å². The van der Waals surface area contributed by atoms with Crippen molar-refractivity contribution in [1.82, 2.24) is 0 Å². The largest absolute Gasteiger partial charge is 0.489 e. The van der Waals surface area contributed by atoms with Crippen LogP contribution in [0.4, 0.5) is 0 Å². The van der Waals surface area contributed by atoms with Crippen LogP contribution in [0.5, 0.6) is 5.75 Å². The van der Waals surface area contributed by atoms with Crippen LogP contribution in [0.25, 0.3) is 10.8 Å². The molecule has 1 heteroatoms. The van der Waals surface area contributed by atoms with Gasteiger partial charge in [0.25, 0.3) is 0 Å². The van der Waals surface area contributed by atoms with Gasteiger partial charge in [0.05, 0.1) is 0 Å². The van der Waals surface area contributed by atoms with Gasteiger partial charge in [0.1, 0.15) is 12.4 Å². The third-order valence-corrected chi connectivity index (χ3v) is 2.73. The number of benzene rings is 2. The van der Waals surface area contributed by atoms with Crippen LogP contribution in [0.3, 0.4) is 0 Å². The van der Waals surface area contributed by atoms with Crippen molar-refractivity contribution in [3.8, 4) is 5.75 Å². The Morgan fingerprint density at radius 2 is 1.81 bits per heavy atom. The molecule has 0 bridgehead atoms. The molecule has 0 aliphatic heterocycles. The number of ether oxygens (including phenoxy) is 1. The van der Waals surface area contributed by atoms with E-state index >= 15 is 0 Å². The maximum Gasteiger partial charge on any atom is 0.130 e. The van der Waals surface area contributed by atoms with Gasteiger partial charge < -0.3 is 4.74 Å². The van der Waals surface area contributed by atoms with E-state index in [4.69, 9.17) is 4.74 Å². The summed E-state index contributed by atoms with van der Waals surface area (Å²) in [4.78, 5) is 0. The molecule has 2 rings (SSSR count). The Kier molecular flexibility index (Phi) is 2.95. The fraction of sp³-hybridized carbons (Fsp3) is 0.200. The van der Waals surface area contributed by atoms with E-state index < -0.39 is 0 Å². The van der Waals surface area contributed by atoms with Gasteiger partial charge in [0, 0.05) is 5.39 Å². The molecule has 0 amide bonds. The summed E-state index contributed by atoms with van der Waals surface area (Å²) in [5, 5.41) is 2.44. The zero-order valence-corrected chi connectivity index (χ0v) is 9.79. The van der Waals surface area contributed by atoms with Crippen molar-refractivity contribution in [3.05, 3.63) is 54.1 Å². The molecule has 0 saturated carbocycles. The molecule has 0 aliphatic rings. The van der Waals surface area contributed by atoms with Crippen LogP contribution in [0.2, 0.25) is 0 Å². The SMILES string of the molecule is C=CCOc1c(C)cc(C)c2ccccc12. The smallest absolute Gasteiger partial charge is 0.130 e. The lowest BCUT2D eigenvalue weighted by Gasteiger charge is -2.12. The topological polar surface area (TPSA) is 9.23 Å². The molecule has 2 aromatic carbocycles. The molecule has 0 saturated heterocycles. The van der Waals surface area contributed by atoms with Crippen molar-refractivity contribution in [2.45, 2.75) is 13.8 Å². The molecular formula is C15H16O. The maximum absolute atomic E-state index is 5.74. The summed E-state index contributed by atoms with van der Waals surface area (Å²) in [5.74, 6) is 0.973. The van der Waals surface area contributed by atoms with E-state index in [-0.39, 0.29) is 0 Å². The second-order valence-corrected chi connectivity index (χ2v) is 3.98. The number of hydrogen-bond acceptors (Lipinski definition) is 1. The highest BCUT2D eigenvalue weighted by Gasteiger charge is 2.07. The molecule has 0 N–H and O–H groups in total. The molecule has 0 heterocycles. The predicted octanol–water partition coefficient (Wildman–Crippen LogP) is 4.02. The Labute approximate surface area is 96.4 Å². The van der Waals surface area contributed by atoms with Crippen LogP contribution in [-0.2, 0) is 0 Å². The molecule has 1 nitrogen and oxygen atoms in total. The van der Waals surface area contributed by atoms with Crippen LogP contribution < -0.4 is 4.74 Å². The first-order valence-electron chi connectivity index (χ1n) is 5.46. The highest BCUT2D eigenvalue weighted by atomic mass is 16.5. The molecular weight excluding hydrogens is 196 g/mol. The van der Waals surface area contributed by atoms with Gasteiger partial charge in [-0.1, -0.05) is 43.0 Å². The molecule has 0 aliphatic carbocycles. The summed E-state index contributed by atoms with van der Waals surface area (Å²) >= 11 is 0. The standard InChI is InChI=1S/C15H16O/c1-4-9-16-15-12(3)10-11(2)13-7-5-6-8-14(13)15/h4-8,10H,1,9H2,2-3H3. The van der Waals surface area contributed by atoms with Gasteiger partial charge >= 0.3 is 0 Å². The first-order chi connectivity index (χ1) is 7.74. The van der Waals surface area contributed by atoms with Crippen LogP contribution in [0.15, 0.2) is 43.0 Å². The van der Waals surface area contributed by atoms with Crippen molar-refractivity contribution >= 4 is 10.8 Å². The minimum atomic E-state index is 0.549. The number of hydrogen-bond donors (Lipinski definition) is 0. The van der Waals surface area contributed by atoms with Gasteiger partial charge in [0.15, 0.2) is 0 Å². The van der Waals surface area contributed by atoms with Gasteiger partial charge in [0.2, 0.25) is 0 Å². The molecule has 0 unspecified atom stereocenters. The molecule has 0 radical (unpaired) electrons. The van der Waals surface area contributed by atoms with Crippen molar-refractivity contribution in [2.75, 3.05) is 6.61 Å². The second-order valence-electron chi connectivity index (χ2n) is 3.98. The zero-order valence-electron chi connectivity index (χ0n) is 9.79. The fourth-order valence-corrected chi connectivity index (χ4v) is 2.04. The zero-order chi connectivity index (χ0) is 11.5. The maximum atomic E-state index is 5.74. The van der Waals surface area contributed by atoms with Crippen molar-refractivity contribution in [2.24, 2.45) is 0 Å². The number of aryl methyl sites for hydroxylation is 2. The molecule has 2 aromatic rings. The van der Waals surface area contributed by atoms with Gasteiger partial charge in [-0.2, -0.15) is 0 Å². The van der Waals surface area contributed by atoms with E-state index in [0.717, 1.165) is 5.75 Å². The van der Waals surface area contributed by atoms with Crippen LogP contribution in [0.1, 0.15) is 11.1 Å². The monoisotopic (exact) mass is 212 g/mol. The van der Waals surface area contributed by atoms with E-state index in [1.807, 2.05) is 6.07 Å². The lowest BCUT2D eigenvalue weighted by molar-refractivity contribution is 0.365.